The van der Waals surface area contributed by atoms with Crippen LogP contribution >= 0.6 is 11.3 Å². The molecule has 9 aromatic rings. The number of benzene rings is 6. The van der Waals surface area contributed by atoms with E-state index in [0.717, 1.165) is 44.3 Å². The van der Waals surface area contributed by atoms with Crippen LogP contribution in [0.2, 0.25) is 0 Å². The third kappa shape index (κ3) is 4.57. The standard InChI is InChI=1S/C42H26N2S/c1-2-6-27(7-3-1)28-10-14-30(15-11-28)37-23-20-32-18-19-33-21-24-38(44-42(33)41(32)43-37)31-16-12-29(13-17-31)34-22-25-40-36(26-34)35-8-4-5-9-39(35)45-40/h1-26H. The average Bonchev–Trinajstić information content (AvgIpc) is 3.50. The minimum atomic E-state index is 0.923. The monoisotopic (exact) mass is 590 g/mol. The Morgan fingerprint density at radius 1 is 0.333 bits per heavy atom. The van der Waals surface area contributed by atoms with Gasteiger partial charge in [0.25, 0.3) is 0 Å². The zero-order valence-corrected chi connectivity index (χ0v) is 25.1. The molecule has 6 aromatic carbocycles. The van der Waals surface area contributed by atoms with Crippen LogP contribution in [0.3, 0.4) is 0 Å². The molecule has 3 heterocycles. The van der Waals surface area contributed by atoms with Crippen molar-refractivity contribution in [3.05, 3.63) is 158 Å². The lowest BCUT2D eigenvalue weighted by Crippen LogP contribution is -1.91. The molecule has 2 nitrogen and oxygen atoms in total. The molecule has 0 N–H and O–H groups in total. The molecule has 0 saturated carbocycles. The highest BCUT2D eigenvalue weighted by atomic mass is 32.1. The first-order valence-corrected chi connectivity index (χ1v) is 16.0. The van der Waals surface area contributed by atoms with Crippen LogP contribution in [0.15, 0.2) is 158 Å². The number of aromatic nitrogens is 2. The largest absolute Gasteiger partial charge is 0.245 e. The van der Waals surface area contributed by atoms with E-state index in [4.69, 9.17) is 9.97 Å². The highest BCUT2D eigenvalue weighted by Crippen LogP contribution is 2.37. The summed E-state index contributed by atoms with van der Waals surface area (Å²) in [6, 6.07) is 56.1. The highest BCUT2D eigenvalue weighted by molar-refractivity contribution is 7.25. The summed E-state index contributed by atoms with van der Waals surface area (Å²) >= 11 is 1.85. The van der Waals surface area contributed by atoms with Crippen molar-refractivity contribution in [2.45, 2.75) is 0 Å². The van der Waals surface area contributed by atoms with Crippen molar-refractivity contribution in [1.82, 2.24) is 9.97 Å². The number of fused-ring (bicyclic) bond motifs is 6. The SMILES string of the molecule is c1ccc(-c2ccc(-c3ccc4ccc5ccc(-c6ccc(-c7ccc8sc9ccccc9c8c7)cc6)nc5c4n3)cc2)cc1. The molecule has 9 rings (SSSR count). The first-order chi connectivity index (χ1) is 22.3. The van der Waals surface area contributed by atoms with Crippen molar-refractivity contribution in [3.8, 4) is 44.8 Å². The van der Waals surface area contributed by atoms with Crippen molar-refractivity contribution >= 4 is 53.3 Å². The van der Waals surface area contributed by atoms with Gasteiger partial charge in [0.05, 0.1) is 22.4 Å². The van der Waals surface area contributed by atoms with Gasteiger partial charge >= 0.3 is 0 Å². The molecule has 0 fully saturated rings. The minimum absolute atomic E-state index is 0.923. The van der Waals surface area contributed by atoms with E-state index in [-0.39, 0.29) is 0 Å². The Bertz CT molecular complexity index is 2510. The van der Waals surface area contributed by atoms with Crippen LogP contribution in [0.4, 0.5) is 0 Å². The summed E-state index contributed by atoms with van der Waals surface area (Å²) in [7, 11) is 0. The number of pyridine rings is 2. The van der Waals surface area contributed by atoms with E-state index >= 15 is 0 Å². The quantitative estimate of drug-likeness (QED) is 0.191. The van der Waals surface area contributed by atoms with Crippen LogP contribution in [0, 0.1) is 0 Å². The second-order valence-corrected chi connectivity index (χ2v) is 12.5. The molecule has 0 saturated heterocycles. The van der Waals surface area contributed by atoms with Gasteiger partial charge in [0, 0.05) is 42.1 Å². The lowest BCUT2D eigenvalue weighted by atomic mass is 10.00. The van der Waals surface area contributed by atoms with Gasteiger partial charge < -0.3 is 0 Å². The van der Waals surface area contributed by atoms with E-state index in [2.05, 4.69) is 152 Å². The number of hydrogen-bond donors (Lipinski definition) is 0. The van der Waals surface area contributed by atoms with Crippen molar-refractivity contribution < 1.29 is 0 Å². The number of rotatable bonds is 4. The molecule has 0 aliphatic rings. The van der Waals surface area contributed by atoms with E-state index in [1.54, 1.807) is 0 Å². The molecule has 0 radical (unpaired) electrons. The fourth-order valence-corrected chi connectivity index (χ4v) is 7.38. The van der Waals surface area contributed by atoms with Crippen molar-refractivity contribution in [3.63, 3.8) is 0 Å². The number of hydrogen-bond acceptors (Lipinski definition) is 3. The van der Waals surface area contributed by atoms with Gasteiger partial charge in [-0.05, 0) is 52.6 Å². The summed E-state index contributed by atoms with van der Waals surface area (Å²) in [5.74, 6) is 0. The predicted octanol–water partition coefficient (Wildman–Crippen LogP) is 11.8. The fourth-order valence-electron chi connectivity index (χ4n) is 6.29. The van der Waals surface area contributed by atoms with E-state index in [1.165, 1.54) is 42.4 Å². The van der Waals surface area contributed by atoms with Gasteiger partial charge in [-0.2, -0.15) is 0 Å². The molecule has 3 aromatic heterocycles. The van der Waals surface area contributed by atoms with Gasteiger partial charge in [-0.1, -0.05) is 127 Å². The Morgan fingerprint density at radius 2 is 0.800 bits per heavy atom. The molecule has 0 atom stereocenters. The smallest absolute Gasteiger partial charge is 0.0972 e. The molecule has 0 bridgehead atoms. The molecule has 210 valence electrons. The van der Waals surface area contributed by atoms with E-state index in [1.807, 2.05) is 17.4 Å². The maximum atomic E-state index is 5.17. The predicted molar refractivity (Wildman–Crippen MR) is 192 cm³/mol. The Balaban J connectivity index is 1.07. The van der Waals surface area contributed by atoms with Crippen molar-refractivity contribution in [2.75, 3.05) is 0 Å². The first-order valence-electron chi connectivity index (χ1n) is 15.2. The molecule has 45 heavy (non-hydrogen) atoms. The van der Waals surface area contributed by atoms with Gasteiger partial charge in [-0.25, -0.2) is 9.97 Å². The maximum Gasteiger partial charge on any atom is 0.0972 e. The zero-order chi connectivity index (χ0) is 29.7. The van der Waals surface area contributed by atoms with Crippen LogP contribution in [0.1, 0.15) is 0 Å². The summed E-state index contributed by atoms with van der Waals surface area (Å²) in [5.41, 5.74) is 10.8. The third-order valence-electron chi connectivity index (χ3n) is 8.70. The molecule has 0 unspecified atom stereocenters. The molecular weight excluding hydrogens is 565 g/mol. The molecular formula is C42H26N2S. The van der Waals surface area contributed by atoms with Crippen LogP contribution in [-0.2, 0) is 0 Å². The molecule has 0 amide bonds. The summed E-state index contributed by atoms with van der Waals surface area (Å²) in [6.07, 6.45) is 0. The normalized spacial score (nSPS) is 11.6. The second kappa shape index (κ2) is 10.5. The first kappa shape index (κ1) is 25.8. The second-order valence-electron chi connectivity index (χ2n) is 11.4. The topological polar surface area (TPSA) is 25.8 Å². The van der Waals surface area contributed by atoms with Crippen molar-refractivity contribution in [2.24, 2.45) is 0 Å². The van der Waals surface area contributed by atoms with Crippen LogP contribution in [0.25, 0.3) is 86.7 Å². The van der Waals surface area contributed by atoms with Gasteiger partial charge in [0.1, 0.15) is 0 Å². The average molecular weight is 591 g/mol. The Labute approximate surface area is 264 Å². The molecule has 0 spiro atoms. The lowest BCUT2D eigenvalue weighted by molar-refractivity contribution is 1.36. The summed E-state index contributed by atoms with van der Waals surface area (Å²) in [6.45, 7) is 0. The van der Waals surface area contributed by atoms with Gasteiger partial charge in [-0.15, -0.1) is 11.3 Å². The Morgan fingerprint density at radius 3 is 1.44 bits per heavy atom. The molecule has 3 heteroatoms. The molecule has 0 aliphatic heterocycles. The van der Waals surface area contributed by atoms with E-state index in [0.29, 0.717) is 0 Å². The summed E-state index contributed by atoms with van der Waals surface area (Å²) in [4.78, 5) is 10.3. The Hall–Kier alpha value is -5.64. The third-order valence-corrected chi connectivity index (χ3v) is 9.85. The van der Waals surface area contributed by atoms with Gasteiger partial charge in [0.15, 0.2) is 0 Å². The number of thiophene rings is 1. The molecule has 0 aliphatic carbocycles. The zero-order valence-electron chi connectivity index (χ0n) is 24.3. The van der Waals surface area contributed by atoms with Gasteiger partial charge in [-0.3, -0.25) is 0 Å². The summed E-state index contributed by atoms with van der Waals surface area (Å²) < 4.78 is 2.66. The Kier molecular flexibility index (Phi) is 6.03. The van der Waals surface area contributed by atoms with Crippen LogP contribution < -0.4 is 0 Å². The highest BCUT2D eigenvalue weighted by Gasteiger charge is 2.11. The summed E-state index contributed by atoms with van der Waals surface area (Å²) in [5, 5.41) is 4.82. The lowest BCUT2D eigenvalue weighted by Gasteiger charge is -2.09. The van der Waals surface area contributed by atoms with Crippen molar-refractivity contribution in [1.29, 1.82) is 0 Å². The van der Waals surface area contributed by atoms with E-state index < -0.39 is 0 Å². The fraction of sp³-hybridized carbons (Fsp3) is 0. The van der Waals surface area contributed by atoms with Crippen LogP contribution in [-0.4, -0.2) is 9.97 Å². The minimum Gasteiger partial charge on any atom is -0.245 e. The van der Waals surface area contributed by atoms with Gasteiger partial charge in [0.2, 0.25) is 0 Å². The number of nitrogens with zero attached hydrogens (tertiary/aromatic N) is 2. The maximum absolute atomic E-state index is 5.17. The van der Waals surface area contributed by atoms with Crippen LogP contribution in [0.5, 0.6) is 0 Å². The van der Waals surface area contributed by atoms with E-state index in [9.17, 15) is 0 Å².